The van der Waals surface area contributed by atoms with Gasteiger partial charge in [0.15, 0.2) is 0 Å². The van der Waals surface area contributed by atoms with E-state index in [9.17, 15) is 18.0 Å². The van der Waals surface area contributed by atoms with Crippen molar-refractivity contribution in [1.82, 2.24) is 9.55 Å². The van der Waals surface area contributed by atoms with Crippen LogP contribution in [0.4, 0.5) is 0 Å². The second-order valence-electron chi connectivity index (χ2n) is 6.87. The molecule has 0 amide bonds. The van der Waals surface area contributed by atoms with Crippen LogP contribution in [0.3, 0.4) is 0 Å². The number of primary sulfonamides is 1. The van der Waals surface area contributed by atoms with Crippen molar-refractivity contribution in [2.45, 2.75) is 37.8 Å². The van der Waals surface area contributed by atoms with E-state index < -0.39 is 22.0 Å². The number of nitrogens with zero attached hydrogens (tertiary/aromatic N) is 2. The summed E-state index contributed by atoms with van der Waals surface area (Å²) in [6, 6.07) is 10.4. The number of aryl methyl sites for hydroxylation is 1. The summed E-state index contributed by atoms with van der Waals surface area (Å²) in [7, 11) is -2.58. The molecule has 0 fully saturated rings. The zero-order valence-corrected chi connectivity index (χ0v) is 18.0. The molecule has 0 aliphatic carbocycles. The fourth-order valence-corrected chi connectivity index (χ4v) is 3.62. The Balaban J connectivity index is 1.83. The van der Waals surface area contributed by atoms with Crippen molar-refractivity contribution in [2.75, 3.05) is 7.11 Å². The Bertz CT molecular complexity index is 1220. The molecular formula is C21H23N3O6S. The number of fused-ring (bicyclic) bond motifs is 1. The summed E-state index contributed by atoms with van der Waals surface area (Å²) < 4.78 is 35.2. The van der Waals surface area contributed by atoms with Crippen molar-refractivity contribution < 1.29 is 27.5 Å². The van der Waals surface area contributed by atoms with Crippen molar-refractivity contribution in [1.29, 1.82) is 0 Å². The molecule has 164 valence electrons. The number of nitrogens with two attached hydrogens (primary N) is 1. The molecule has 0 spiro atoms. The van der Waals surface area contributed by atoms with Gasteiger partial charge in [0.2, 0.25) is 10.0 Å². The summed E-state index contributed by atoms with van der Waals surface area (Å²) in [6.07, 6.45) is 1.82. The third-order valence-electron chi connectivity index (χ3n) is 4.74. The number of esters is 2. The van der Waals surface area contributed by atoms with Crippen LogP contribution < -0.4 is 5.14 Å². The van der Waals surface area contributed by atoms with E-state index in [0.29, 0.717) is 23.4 Å². The van der Waals surface area contributed by atoms with Gasteiger partial charge in [-0.1, -0.05) is 13.3 Å². The lowest BCUT2D eigenvalue weighted by atomic mass is 10.1. The first kappa shape index (κ1) is 22.4. The van der Waals surface area contributed by atoms with Gasteiger partial charge >= 0.3 is 11.9 Å². The van der Waals surface area contributed by atoms with E-state index in [1.54, 1.807) is 6.07 Å². The van der Waals surface area contributed by atoms with E-state index in [-0.39, 0.29) is 17.1 Å². The molecule has 3 aromatic rings. The van der Waals surface area contributed by atoms with E-state index in [4.69, 9.17) is 9.88 Å². The van der Waals surface area contributed by atoms with Crippen LogP contribution in [0, 0.1) is 0 Å². The summed E-state index contributed by atoms with van der Waals surface area (Å²) >= 11 is 0. The molecule has 0 unspecified atom stereocenters. The lowest BCUT2D eigenvalue weighted by Crippen LogP contribution is -2.12. The highest BCUT2D eigenvalue weighted by Crippen LogP contribution is 2.21. The topological polar surface area (TPSA) is 131 Å². The molecule has 2 aromatic carbocycles. The fraction of sp³-hybridized carbons (Fsp3) is 0.286. The number of carbonyl (C=O) groups excluding carboxylic acids is 2. The van der Waals surface area contributed by atoms with Gasteiger partial charge in [-0.05, 0) is 48.9 Å². The Labute approximate surface area is 179 Å². The minimum absolute atomic E-state index is 0.0330. The molecule has 0 aliphatic heterocycles. The van der Waals surface area contributed by atoms with Crippen LogP contribution >= 0.6 is 0 Å². The predicted octanol–water partition coefficient (Wildman–Crippen LogP) is 2.63. The van der Waals surface area contributed by atoms with E-state index in [1.165, 1.54) is 43.5 Å². The number of hydrogen-bond donors (Lipinski definition) is 1. The summed E-state index contributed by atoms with van der Waals surface area (Å²) in [5, 5.41) is 5.21. The molecule has 0 saturated heterocycles. The van der Waals surface area contributed by atoms with Crippen LogP contribution in [-0.2, 0) is 32.6 Å². The van der Waals surface area contributed by atoms with Crippen molar-refractivity contribution in [3.05, 3.63) is 59.4 Å². The number of rotatable bonds is 8. The second kappa shape index (κ2) is 9.27. The molecule has 10 heteroatoms. The molecular weight excluding hydrogens is 422 g/mol. The molecule has 0 saturated carbocycles. The Hall–Kier alpha value is -3.24. The summed E-state index contributed by atoms with van der Waals surface area (Å²) in [6.45, 7) is 2.60. The zero-order chi connectivity index (χ0) is 22.6. The first-order chi connectivity index (χ1) is 14.7. The quantitative estimate of drug-likeness (QED) is 0.527. The number of ether oxygens (including phenoxy) is 2. The number of benzene rings is 2. The maximum absolute atomic E-state index is 12.4. The third-order valence-corrected chi connectivity index (χ3v) is 5.65. The molecule has 1 aromatic heterocycles. The van der Waals surface area contributed by atoms with Gasteiger partial charge in [-0.25, -0.2) is 28.1 Å². The molecule has 2 N–H and O–H groups in total. The molecule has 0 aliphatic rings. The minimum atomic E-state index is -3.86. The number of aromatic nitrogens is 2. The highest BCUT2D eigenvalue weighted by Gasteiger charge is 2.17. The molecule has 3 rings (SSSR count). The third kappa shape index (κ3) is 5.09. The molecule has 9 nitrogen and oxygen atoms in total. The molecule has 0 atom stereocenters. The second-order valence-corrected chi connectivity index (χ2v) is 8.44. The lowest BCUT2D eigenvalue weighted by Gasteiger charge is -2.09. The van der Waals surface area contributed by atoms with Gasteiger partial charge in [-0.15, -0.1) is 0 Å². The number of sulfonamides is 1. The highest BCUT2D eigenvalue weighted by molar-refractivity contribution is 7.89. The predicted molar refractivity (Wildman–Crippen MR) is 113 cm³/mol. The first-order valence-corrected chi connectivity index (χ1v) is 11.2. The van der Waals surface area contributed by atoms with Crippen LogP contribution in [0.5, 0.6) is 0 Å². The van der Waals surface area contributed by atoms with E-state index in [1.807, 2.05) is 4.57 Å². The van der Waals surface area contributed by atoms with Crippen LogP contribution in [0.1, 0.15) is 46.3 Å². The van der Waals surface area contributed by atoms with Crippen molar-refractivity contribution in [3.63, 3.8) is 0 Å². The number of imidazole rings is 1. The Morgan fingerprint density at radius 1 is 1.06 bits per heavy atom. The molecule has 0 radical (unpaired) electrons. The van der Waals surface area contributed by atoms with Crippen LogP contribution in [-0.4, -0.2) is 37.0 Å². The standard InChI is InChI=1S/C21H23N3O6S/c1-3-4-11-24-18-10-9-16(31(22,27)28)12-17(18)23-19(24)13-30-21(26)15-7-5-14(6-8-15)20(25)29-2/h5-10,12H,3-4,11,13H2,1-2H3,(H2,22,27,28). The van der Waals surface area contributed by atoms with Gasteiger partial charge in [-0.3, -0.25) is 0 Å². The van der Waals surface area contributed by atoms with Gasteiger partial charge in [0, 0.05) is 6.54 Å². The van der Waals surface area contributed by atoms with Gasteiger partial charge in [-0.2, -0.15) is 0 Å². The Kier molecular flexibility index (Phi) is 6.71. The Morgan fingerprint density at radius 3 is 2.29 bits per heavy atom. The van der Waals surface area contributed by atoms with Crippen molar-refractivity contribution >= 4 is 33.0 Å². The monoisotopic (exact) mass is 445 g/mol. The largest absolute Gasteiger partial charge is 0.465 e. The number of carbonyl (C=O) groups is 2. The lowest BCUT2D eigenvalue weighted by molar-refractivity contribution is 0.0457. The smallest absolute Gasteiger partial charge is 0.338 e. The van der Waals surface area contributed by atoms with E-state index in [0.717, 1.165) is 18.4 Å². The van der Waals surface area contributed by atoms with Crippen LogP contribution in [0.15, 0.2) is 47.4 Å². The summed E-state index contributed by atoms with van der Waals surface area (Å²) in [4.78, 5) is 28.4. The molecule has 31 heavy (non-hydrogen) atoms. The van der Waals surface area contributed by atoms with Crippen molar-refractivity contribution in [2.24, 2.45) is 5.14 Å². The molecule has 1 heterocycles. The first-order valence-electron chi connectivity index (χ1n) is 9.62. The average molecular weight is 445 g/mol. The number of unbranched alkanes of at least 4 members (excludes halogenated alkanes) is 1. The zero-order valence-electron chi connectivity index (χ0n) is 17.2. The van der Waals surface area contributed by atoms with E-state index >= 15 is 0 Å². The Morgan fingerprint density at radius 2 is 1.71 bits per heavy atom. The molecule has 0 bridgehead atoms. The number of methoxy groups -OCH3 is 1. The van der Waals surface area contributed by atoms with Gasteiger partial charge in [0.05, 0.1) is 34.2 Å². The van der Waals surface area contributed by atoms with Crippen molar-refractivity contribution in [3.8, 4) is 0 Å². The number of hydrogen-bond acceptors (Lipinski definition) is 7. The maximum Gasteiger partial charge on any atom is 0.338 e. The SMILES string of the molecule is CCCCn1c(COC(=O)c2ccc(C(=O)OC)cc2)nc2cc(S(N)(=O)=O)ccc21. The van der Waals surface area contributed by atoms with E-state index in [2.05, 4.69) is 16.6 Å². The van der Waals surface area contributed by atoms with Crippen LogP contribution in [0.25, 0.3) is 11.0 Å². The summed E-state index contributed by atoms with van der Waals surface area (Å²) in [5.74, 6) is -0.575. The highest BCUT2D eigenvalue weighted by atomic mass is 32.2. The van der Waals surface area contributed by atoms with Crippen LogP contribution in [0.2, 0.25) is 0 Å². The normalized spacial score (nSPS) is 11.5. The van der Waals surface area contributed by atoms with Gasteiger partial charge < -0.3 is 14.0 Å². The van der Waals surface area contributed by atoms with Gasteiger partial charge in [0.25, 0.3) is 0 Å². The summed E-state index contributed by atoms with van der Waals surface area (Å²) in [5.41, 5.74) is 1.79. The minimum Gasteiger partial charge on any atom is -0.465 e. The van der Waals surface area contributed by atoms with Gasteiger partial charge in [0.1, 0.15) is 12.4 Å². The average Bonchev–Trinajstić information content (AvgIpc) is 3.11. The fourth-order valence-electron chi connectivity index (χ4n) is 3.09. The maximum atomic E-state index is 12.4.